The predicted molar refractivity (Wildman–Crippen MR) is 139 cm³/mol. The fraction of sp³-hybridized carbons (Fsp3) is 0.519. The van der Waals surface area contributed by atoms with Crippen LogP contribution in [0.5, 0.6) is 11.5 Å². The Morgan fingerprint density at radius 3 is 2.22 bits per heavy atom. The van der Waals surface area contributed by atoms with Crippen molar-refractivity contribution in [1.82, 2.24) is 11.1 Å². The Morgan fingerprint density at radius 2 is 1.68 bits per heavy atom. The fourth-order valence-corrected chi connectivity index (χ4v) is 6.45. The summed E-state index contributed by atoms with van der Waals surface area (Å²) < 4.78 is 17.5. The van der Waals surface area contributed by atoms with E-state index in [-0.39, 0.29) is 35.5 Å². The lowest BCUT2D eigenvalue weighted by atomic mass is 9.53. The van der Waals surface area contributed by atoms with E-state index in [9.17, 15) is 24.0 Å². The molecule has 224 valence electrons. The molecule has 1 fully saturated rings. The topological polar surface area (TPSA) is 232 Å². The van der Waals surface area contributed by atoms with E-state index in [0.29, 0.717) is 17.5 Å². The summed E-state index contributed by atoms with van der Waals surface area (Å²) in [6.07, 6.45) is 3.02. The minimum atomic E-state index is -2.74. The standard InChI is InChI=1S/C21H23NO5.C6H8O7.H3N/c1-11(23)25-16-6-4-13-10-15-14-5-7-17(26-12(2)24)20-21(14,8-9-22(15)3)18(13)19(16)27-20;7-3(8)1-6(13,5(11)12)2-4(9)10;/h4-7,14-15,17,20H,8-10H2,1-3H3;13H,1-2H2,(H,7,8)(H,9,10)(H,11,12);1H3/t14-,15+,17-,20-,21-;;/m0../s1. The molecule has 2 aliphatic heterocycles. The van der Waals surface area contributed by atoms with Crippen LogP contribution >= 0.6 is 0 Å². The molecule has 1 aromatic carbocycles. The number of nitrogens with zero attached hydrogens (tertiary/aromatic N) is 1. The van der Waals surface area contributed by atoms with Crippen LogP contribution in [0.2, 0.25) is 0 Å². The van der Waals surface area contributed by atoms with Gasteiger partial charge in [0, 0.05) is 36.8 Å². The number of ether oxygens (including phenoxy) is 3. The number of carbonyl (C=O) groups excluding carboxylic acids is 2. The van der Waals surface area contributed by atoms with Crippen LogP contribution in [-0.2, 0) is 40.5 Å². The largest absolute Gasteiger partial charge is 0.481 e. The van der Waals surface area contributed by atoms with Crippen molar-refractivity contribution < 1.29 is 58.6 Å². The lowest BCUT2D eigenvalue weighted by Gasteiger charge is -2.56. The van der Waals surface area contributed by atoms with Crippen LogP contribution in [-0.4, -0.2) is 92.6 Å². The maximum absolute atomic E-state index is 11.7. The number of likely N-dealkylation sites (tertiary alicyclic amines) is 1. The Labute approximate surface area is 235 Å². The second kappa shape index (κ2) is 11.5. The monoisotopic (exact) mass is 578 g/mol. The van der Waals surface area contributed by atoms with E-state index >= 15 is 0 Å². The van der Waals surface area contributed by atoms with Gasteiger partial charge in [0.1, 0.15) is 6.10 Å². The molecule has 1 aromatic rings. The van der Waals surface area contributed by atoms with Crippen LogP contribution in [0.3, 0.4) is 0 Å². The van der Waals surface area contributed by atoms with Gasteiger partial charge in [0.25, 0.3) is 0 Å². The van der Waals surface area contributed by atoms with Crippen molar-refractivity contribution in [1.29, 1.82) is 0 Å². The van der Waals surface area contributed by atoms with Crippen LogP contribution < -0.4 is 15.6 Å². The first kappa shape index (κ1) is 31.5. The molecule has 5 rings (SSSR count). The summed E-state index contributed by atoms with van der Waals surface area (Å²) in [5.74, 6) is -4.31. The van der Waals surface area contributed by atoms with Gasteiger partial charge < -0.3 is 45.7 Å². The third kappa shape index (κ3) is 5.62. The number of esters is 2. The Bertz CT molecular complexity index is 1280. The molecule has 14 nitrogen and oxygen atoms in total. The summed E-state index contributed by atoms with van der Waals surface area (Å²) in [6, 6.07) is 4.28. The Hall–Kier alpha value is -4.01. The molecule has 0 radical (unpaired) electrons. The van der Waals surface area contributed by atoms with E-state index < -0.39 is 42.5 Å². The highest BCUT2D eigenvalue weighted by Gasteiger charge is 2.65. The highest BCUT2D eigenvalue weighted by Crippen LogP contribution is 2.62. The first-order valence-electron chi connectivity index (χ1n) is 12.7. The number of piperidine rings is 1. The maximum atomic E-state index is 11.7. The summed E-state index contributed by atoms with van der Waals surface area (Å²) in [4.78, 5) is 56.2. The number of rotatable bonds is 7. The summed E-state index contributed by atoms with van der Waals surface area (Å²) in [5.41, 5.74) is -0.585. The number of benzene rings is 1. The molecule has 2 aliphatic carbocycles. The second-order valence-corrected chi connectivity index (χ2v) is 10.6. The molecule has 5 atom stereocenters. The van der Waals surface area contributed by atoms with Crippen molar-refractivity contribution in [2.24, 2.45) is 5.92 Å². The molecule has 0 unspecified atom stereocenters. The van der Waals surface area contributed by atoms with Gasteiger partial charge in [-0.3, -0.25) is 19.2 Å². The number of hydrogen-bond donors (Lipinski definition) is 5. The van der Waals surface area contributed by atoms with Crippen molar-refractivity contribution in [2.45, 2.75) is 68.8 Å². The molecule has 0 saturated carbocycles. The van der Waals surface area contributed by atoms with E-state index in [1.807, 2.05) is 12.1 Å². The normalized spacial score (nSPS) is 26.6. The zero-order valence-corrected chi connectivity index (χ0v) is 22.9. The molecule has 2 bridgehead atoms. The van der Waals surface area contributed by atoms with Crippen LogP contribution in [0.4, 0.5) is 0 Å². The molecular weight excluding hydrogens is 544 g/mol. The molecular formula is C27H34N2O12. The van der Waals surface area contributed by atoms with Gasteiger partial charge in [-0.25, -0.2) is 4.79 Å². The third-order valence-electron chi connectivity index (χ3n) is 7.96. The van der Waals surface area contributed by atoms with Crippen molar-refractivity contribution >= 4 is 29.8 Å². The zero-order chi connectivity index (χ0) is 29.6. The summed E-state index contributed by atoms with van der Waals surface area (Å²) in [5, 5.41) is 33.8. The number of aliphatic carboxylic acids is 3. The van der Waals surface area contributed by atoms with Gasteiger partial charge in [-0.05, 0) is 44.1 Å². The van der Waals surface area contributed by atoms with Crippen LogP contribution in [0, 0.1) is 5.92 Å². The molecule has 0 aromatic heterocycles. The van der Waals surface area contributed by atoms with Crippen LogP contribution in [0.15, 0.2) is 24.3 Å². The molecule has 14 heteroatoms. The molecule has 7 N–H and O–H groups in total. The second-order valence-electron chi connectivity index (χ2n) is 10.6. The minimum absolute atomic E-state index is 0. The fourth-order valence-electron chi connectivity index (χ4n) is 6.45. The van der Waals surface area contributed by atoms with Gasteiger partial charge in [0.2, 0.25) is 0 Å². The van der Waals surface area contributed by atoms with Crippen molar-refractivity contribution in [3.63, 3.8) is 0 Å². The van der Waals surface area contributed by atoms with Gasteiger partial charge in [-0.2, -0.15) is 0 Å². The molecule has 41 heavy (non-hydrogen) atoms. The lowest BCUT2D eigenvalue weighted by molar-refractivity contribution is -0.170. The number of carboxylic acids is 3. The SMILES string of the molecule is CC(=O)Oc1ccc2c3c1O[C@H]1[C@@H](OC(C)=O)C=C[C@H]4[C@@H](C2)N(C)CC[C@@]341.N.O=C(O)CC(O)(CC(=O)O)C(=O)O. The van der Waals surface area contributed by atoms with Gasteiger partial charge >= 0.3 is 29.8 Å². The predicted octanol–water partition coefficient (Wildman–Crippen LogP) is 0.902. The molecule has 1 saturated heterocycles. The quantitative estimate of drug-likeness (QED) is 0.172. The van der Waals surface area contributed by atoms with E-state index in [1.165, 1.54) is 19.4 Å². The van der Waals surface area contributed by atoms with E-state index in [4.69, 9.17) is 34.6 Å². The average molecular weight is 579 g/mol. The first-order valence-corrected chi connectivity index (χ1v) is 12.7. The van der Waals surface area contributed by atoms with Gasteiger partial charge in [-0.1, -0.05) is 12.1 Å². The highest BCUT2D eigenvalue weighted by molar-refractivity contribution is 5.88. The summed E-state index contributed by atoms with van der Waals surface area (Å²) >= 11 is 0. The average Bonchev–Trinajstić information content (AvgIpc) is 3.18. The van der Waals surface area contributed by atoms with E-state index in [1.54, 1.807) is 0 Å². The summed E-state index contributed by atoms with van der Waals surface area (Å²) in [6.45, 7) is 3.77. The number of carboxylic acid groups (broad SMARTS) is 3. The van der Waals surface area contributed by atoms with E-state index in [2.05, 4.69) is 24.1 Å². The van der Waals surface area contributed by atoms with E-state index in [0.717, 1.165) is 24.9 Å². The number of likely N-dealkylation sites (N-methyl/N-ethyl adjacent to an activating group) is 1. The minimum Gasteiger partial charge on any atom is -0.481 e. The molecule has 1 spiro atoms. The first-order chi connectivity index (χ1) is 18.7. The number of aliphatic hydroxyl groups is 1. The maximum Gasteiger partial charge on any atom is 0.336 e. The zero-order valence-electron chi connectivity index (χ0n) is 22.9. The number of carbonyl (C=O) groups is 5. The molecule has 0 amide bonds. The molecule has 4 aliphatic rings. The highest BCUT2D eigenvalue weighted by atomic mass is 16.6. The third-order valence-corrected chi connectivity index (χ3v) is 7.96. The van der Waals surface area contributed by atoms with Crippen molar-refractivity contribution in [2.75, 3.05) is 13.6 Å². The Kier molecular flexibility index (Phi) is 8.81. The van der Waals surface area contributed by atoms with Crippen molar-refractivity contribution in [3.05, 3.63) is 35.4 Å². The van der Waals surface area contributed by atoms with Gasteiger partial charge in [-0.15, -0.1) is 0 Å². The Balaban J connectivity index is 0.000000284. The van der Waals surface area contributed by atoms with Crippen LogP contribution in [0.1, 0.15) is 44.2 Å². The lowest BCUT2D eigenvalue weighted by Crippen LogP contribution is -2.65. The van der Waals surface area contributed by atoms with Crippen LogP contribution in [0.25, 0.3) is 0 Å². The van der Waals surface area contributed by atoms with Gasteiger partial charge in [0.15, 0.2) is 23.2 Å². The smallest absolute Gasteiger partial charge is 0.336 e. The van der Waals surface area contributed by atoms with Crippen molar-refractivity contribution in [3.8, 4) is 11.5 Å². The molecule has 2 heterocycles. The Morgan fingerprint density at radius 1 is 1.05 bits per heavy atom. The number of hydrogen-bond acceptors (Lipinski definition) is 11. The summed E-state index contributed by atoms with van der Waals surface area (Å²) in [7, 11) is 2.17. The van der Waals surface area contributed by atoms with Gasteiger partial charge in [0.05, 0.1) is 12.8 Å².